The van der Waals surface area contributed by atoms with Gasteiger partial charge >= 0.3 is 0 Å². The van der Waals surface area contributed by atoms with Crippen molar-refractivity contribution in [2.75, 3.05) is 0 Å². The molecule has 1 rings (SSSR count). The van der Waals surface area contributed by atoms with Crippen molar-refractivity contribution in [2.24, 2.45) is 5.41 Å². The molecule has 2 heteroatoms. The summed E-state index contributed by atoms with van der Waals surface area (Å²) < 4.78 is 1.05. The van der Waals surface area contributed by atoms with E-state index in [-0.39, 0.29) is 11.2 Å². The summed E-state index contributed by atoms with van der Waals surface area (Å²) in [6.07, 6.45) is 0.525. The third kappa shape index (κ3) is 3.26. The summed E-state index contributed by atoms with van der Waals surface area (Å²) in [7, 11) is 0. The molecule has 0 unspecified atom stereocenters. The number of ketones is 1. The molecule has 0 spiro atoms. The van der Waals surface area contributed by atoms with Gasteiger partial charge in [-0.1, -0.05) is 48.8 Å². The van der Waals surface area contributed by atoms with Crippen molar-refractivity contribution in [3.05, 3.63) is 34.3 Å². The van der Waals surface area contributed by atoms with Gasteiger partial charge in [-0.3, -0.25) is 4.79 Å². The van der Waals surface area contributed by atoms with E-state index in [1.54, 1.807) is 0 Å². The monoisotopic (exact) mass is 254 g/mol. The van der Waals surface area contributed by atoms with Gasteiger partial charge in [-0.15, -0.1) is 0 Å². The Kier molecular flexibility index (Phi) is 3.48. The molecule has 0 saturated carbocycles. The van der Waals surface area contributed by atoms with Gasteiger partial charge in [-0.05, 0) is 17.7 Å². The zero-order valence-corrected chi connectivity index (χ0v) is 10.4. The van der Waals surface area contributed by atoms with Crippen LogP contribution in [0.1, 0.15) is 26.3 Å². The molecule has 0 heterocycles. The second-order valence-corrected chi connectivity index (χ2v) is 5.39. The quantitative estimate of drug-likeness (QED) is 0.789. The van der Waals surface area contributed by atoms with Crippen LogP contribution >= 0.6 is 15.9 Å². The van der Waals surface area contributed by atoms with Crippen molar-refractivity contribution in [1.29, 1.82) is 0 Å². The maximum absolute atomic E-state index is 11.7. The molecule has 0 atom stereocenters. The lowest BCUT2D eigenvalue weighted by Crippen LogP contribution is -2.21. The van der Waals surface area contributed by atoms with E-state index in [1.807, 2.05) is 45.0 Å². The lowest BCUT2D eigenvalue weighted by Gasteiger charge is -2.16. The van der Waals surface area contributed by atoms with Gasteiger partial charge in [0, 0.05) is 16.3 Å². The molecule has 0 fully saturated rings. The molecule has 0 bridgehead atoms. The summed E-state index contributed by atoms with van der Waals surface area (Å²) in [6, 6.07) is 7.89. The minimum absolute atomic E-state index is 0.243. The molecule has 0 N–H and O–H groups in total. The number of carbonyl (C=O) groups excluding carboxylic acids is 1. The van der Waals surface area contributed by atoms with Crippen molar-refractivity contribution in [2.45, 2.75) is 27.2 Å². The van der Waals surface area contributed by atoms with E-state index in [4.69, 9.17) is 0 Å². The fourth-order valence-electron chi connectivity index (χ4n) is 1.05. The molecular weight excluding hydrogens is 240 g/mol. The van der Waals surface area contributed by atoms with Crippen LogP contribution in [0.4, 0.5) is 0 Å². The molecule has 0 aliphatic carbocycles. The summed E-state index contributed by atoms with van der Waals surface area (Å²) in [5, 5.41) is 0. The van der Waals surface area contributed by atoms with Crippen LogP contribution in [0, 0.1) is 5.41 Å². The molecule has 0 saturated heterocycles. The molecule has 76 valence electrons. The first kappa shape index (κ1) is 11.4. The molecule has 1 aromatic carbocycles. The highest BCUT2D eigenvalue weighted by Gasteiger charge is 2.20. The zero-order valence-electron chi connectivity index (χ0n) is 8.80. The van der Waals surface area contributed by atoms with Gasteiger partial charge in [0.2, 0.25) is 0 Å². The topological polar surface area (TPSA) is 17.1 Å². The summed E-state index contributed by atoms with van der Waals surface area (Å²) >= 11 is 3.37. The third-order valence-corrected chi connectivity index (χ3v) is 2.64. The first-order valence-corrected chi connectivity index (χ1v) is 5.46. The summed E-state index contributed by atoms with van der Waals surface area (Å²) in [5.74, 6) is 0.278. The lowest BCUT2D eigenvalue weighted by molar-refractivity contribution is -0.125. The summed E-state index contributed by atoms with van der Waals surface area (Å²) in [5.41, 5.74) is 0.834. The number of Topliss-reactive ketones (excluding diaryl/α,β-unsaturated/α-hetero) is 1. The van der Waals surface area contributed by atoms with E-state index in [1.165, 1.54) is 0 Å². The van der Waals surface area contributed by atoms with E-state index in [0.717, 1.165) is 10.0 Å². The number of halogens is 1. The molecule has 0 aliphatic rings. The average Bonchev–Trinajstić information content (AvgIpc) is 2.07. The Balaban J connectivity index is 2.71. The highest BCUT2D eigenvalue weighted by atomic mass is 79.9. The minimum atomic E-state index is -0.243. The number of hydrogen-bond donors (Lipinski definition) is 0. The highest BCUT2D eigenvalue weighted by Crippen LogP contribution is 2.18. The van der Waals surface area contributed by atoms with Gasteiger partial charge in [0.1, 0.15) is 5.78 Å². The molecular formula is C12H15BrO. The van der Waals surface area contributed by atoms with Crippen LogP contribution in [0.25, 0.3) is 0 Å². The number of carbonyl (C=O) groups is 1. The molecule has 0 aromatic heterocycles. The largest absolute Gasteiger partial charge is 0.299 e. The van der Waals surface area contributed by atoms with Crippen LogP contribution in [0.3, 0.4) is 0 Å². The fraction of sp³-hybridized carbons (Fsp3) is 0.417. The predicted molar refractivity (Wildman–Crippen MR) is 62.3 cm³/mol. The Hall–Kier alpha value is -0.630. The minimum Gasteiger partial charge on any atom is -0.299 e. The van der Waals surface area contributed by atoms with Gasteiger partial charge in [-0.2, -0.15) is 0 Å². The SMILES string of the molecule is CC(C)(C)C(=O)Cc1ccc(Br)cc1. The summed E-state index contributed by atoms with van der Waals surface area (Å²) in [4.78, 5) is 11.7. The molecule has 1 aromatic rings. The first-order chi connectivity index (χ1) is 6.39. The van der Waals surface area contributed by atoms with Crippen LogP contribution < -0.4 is 0 Å². The van der Waals surface area contributed by atoms with E-state index in [9.17, 15) is 4.79 Å². The van der Waals surface area contributed by atoms with Crippen LogP contribution in [0.5, 0.6) is 0 Å². The second kappa shape index (κ2) is 4.26. The Bertz CT molecular complexity index is 319. The van der Waals surface area contributed by atoms with E-state index in [2.05, 4.69) is 15.9 Å². The van der Waals surface area contributed by atoms with Crippen LogP contribution in [-0.2, 0) is 11.2 Å². The number of hydrogen-bond acceptors (Lipinski definition) is 1. The first-order valence-electron chi connectivity index (χ1n) is 4.67. The summed E-state index contributed by atoms with van der Waals surface area (Å²) in [6.45, 7) is 5.86. The van der Waals surface area contributed by atoms with Gasteiger partial charge in [-0.25, -0.2) is 0 Å². The molecule has 0 radical (unpaired) electrons. The van der Waals surface area contributed by atoms with Crippen molar-refractivity contribution in [1.82, 2.24) is 0 Å². The van der Waals surface area contributed by atoms with Gasteiger partial charge < -0.3 is 0 Å². The van der Waals surface area contributed by atoms with Crippen molar-refractivity contribution < 1.29 is 4.79 Å². The van der Waals surface area contributed by atoms with Crippen molar-refractivity contribution in [3.63, 3.8) is 0 Å². The van der Waals surface area contributed by atoms with Crippen LogP contribution in [0.15, 0.2) is 28.7 Å². The third-order valence-electron chi connectivity index (χ3n) is 2.11. The van der Waals surface area contributed by atoms with Gasteiger partial charge in [0.25, 0.3) is 0 Å². The lowest BCUT2D eigenvalue weighted by atomic mass is 9.87. The van der Waals surface area contributed by atoms with Gasteiger partial charge in [0.15, 0.2) is 0 Å². The average molecular weight is 255 g/mol. The molecule has 0 aliphatic heterocycles. The molecule has 14 heavy (non-hydrogen) atoms. The second-order valence-electron chi connectivity index (χ2n) is 4.48. The van der Waals surface area contributed by atoms with Gasteiger partial charge in [0.05, 0.1) is 0 Å². The highest BCUT2D eigenvalue weighted by molar-refractivity contribution is 9.10. The van der Waals surface area contributed by atoms with E-state index >= 15 is 0 Å². The van der Waals surface area contributed by atoms with Crippen molar-refractivity contribution >= 4 is 21.7 Å². The van der Waals surface area contributed by atoms with Crippen LogP contribution in [0.2, 0.25) is 0 Å². The van der Waals surface area contributed by atoms with Crippen LogP contribution in [-0.4, -0.2) is 5.78 Å². The Labute approximate surface area is 93.7 Å². The molecule has 0 amide bonds. The molecule has 1 nitrogen and oxygen atoms in total. The Morgan fingerprint density at radius 1 is 1.21 bits per heavy atom. The number of benzene rings is 1. The fourth-order valence-corrected chi connectivity index (χ4v) is 1.32. The standard InChI is InChI=1S/C12H15BrO/c1-12(2,3)11(14)8-9-4-6-10(13)7-5-9/h4-7H,8H2,1-3H3. The van der Waals surface area contributed by atoms with E-state index in [0.29, 0.717) is 6.42 Å². The zero-order chi connectivity index (χ0) is 10.8. The number of rotatable bonds is 2. The Morgan fingerprint density at radius 3 is 2.14 bits per heavy atom. The Morgan fingerprint density at radius 2 is 1.71 bits per heavy atom. The smallest absolute Gasteiger partial charge is 0.142 e. The van der Waals surface area contributed by atoms with Crippen molar-refractivity contribution in [3.8, 4) is 0 Å². The normalized spacial score (nSPS) is 11.4. The van der Waals surface area contributed by atoms with E-state index < -0.39 is 0 Å². The maximum atomic E-state index is 11.7. The predicted octanol–water partition coefficient (Wildman–Crippen LogP) is 3.61. The maximum Gasteiger partial charge on any atom is 0.142 e.